The van der Waals surface area contributed by atoms with Crippen molar-refractivity contribution in [3.63, 3.8) is 0 Å². The molecule has 2 rings (SSSR count). The molecule has 2 atom stereocenters. The fraction of sp³-hybridized carbons (Fsp3) is 0.455. The highest BCUT2D eigenvalue weighted by molar-refractivity contribution is 9.10. The molecule has 1 aliphatic rings. The molecule has 0 saturated carbocycles. The van der Waals surface area contributed by atoms with Crippen LogP contribution in [0, 0.1) is 0 Å². The van der Waals surface area contributed by atoms with Crippen molar-refractivity contribution in [1.82, 2.24) is 5.32 Å². The maximum absolute atomic E-state index is 10.1. The van der Waals surface area contributed by atoms with Gasteiger partial charge in [-0.25, -0.2) is 0 Å². The Balaban J connectivity index is 2.41. The van der Waals surface area contributed by atoms with Gasteiger partial charge in [0.15, 0.2) is 0 Å². The molecule has 2 unspecified atom stereocenters. The van der Waals surface area contributed by atoms with E-state index in [1.807, 2.05) is 25.2 Å². The molecule has 2 N–H and O–H groups in total. The van der Waals surface area contributed by atoms with Gasteiger partial charge in [-0.2, -0.15) is 0 Å². The molecular weight excluding hydrogens is 242 g/mol. The van der Waals surface area contributed by atoms with Gasteiger partial charge in [0.2, 0.25) is 0 Å². The Morgan fingerprint density at radius 3 is 3.00 bits per heavy atom. The van der Waals surface area contributed by atoms with Crippen LogP contribution in [0.1, 0.15) is 23.7 Å². The summed E-state index contributed by atoms with van der Waals surface area (Å²) in [5.74, 6) is 0. The molecule has 76 valence electrons. The first kappa shape index (κ1) is 10.1. The molecule has 1 aromatic rings. The van der Waals surface area contributed by atoms with E-state index in [1.54, 1.807) is 0 Å². The van der Waals surface area contributed by atoms with E-state index in [9.17, 15) is 5.11 Å². The van der Waals surface area contributed by atoms with Gasteiger partial charge in [-0.05, 0) is 37.1 Å². The quantitative estimate of drug-likeness (QED) is 0.805. The van der Waals surface area contributed by atoms with E-state index in [-0.39, 0.29) is 12.1 Å². The zero-order valence-electron chi connectivity index (χ0n) is 8.13. The first-order valence-electron chi connectivity index (χ1n) is 4.86. The standard InChI is InChI=1S/C11H14BrNO/c1-13-10-6-5-7-8(11(10)14)3-2-4-9(7)12/h2-4,10-11,13-14H,5-6H2,1H3. The van der Waals surface area contributed by atoms with Crippen LogP contribution in [0.2, 0.25) is 0 Å². The van der Waals surface area contributed by atoms with Gasteiger partial charge in [0.05, 0.1) is 6.10 Å². The normalized spacial score (nSPS) is 25.9. The topological polar surface area (TPSA) is 32.3 Å². The van der Waals surface area contributed by atoms with Crippen molar-refractivity contribution in [2.24, 2.45) is 0 Å². The van der Waals surface area contributed by atoms with Crippen molar-refractivity contribution < 1.29 is 5.11 Å². The van der Waals surface area contributed by atoms with Gasteiger partial charge in [-0.3, -0.25) is 0 Å². The third kappa shape index (κ3) is 1.60. The van der Waals surface area contributed by atoms with Crippen LogP contribution in [-0.2, 0) is 6.42 Å². The summed E-state index contributed by atoms with van der Waals surface area (Å²) >= 11 is 3.52. The van der Waals surface area contributed by atoms with Crippen LogP contribution in [0.4, 0.5) is 0 Å². The second-order valence-electron chi connectivity index (χ2n) is 3.69. The number of hydrogen-bond donors (Lipinski definition) is 2. The third-order valence-corrected chi connectivity index (χ3v) is 3.67. The molecule has 0 heterocycles. The summed E-state index contributed by atoms with van der Waals surface area (Å²) in [6.07, 6.45) is 1.65. The van der Waals surface area contributed by atoms with Crippen molar-refractivity contribution in [3.8, 4) is 0 Å². The Labute approximate surface area is 92.5 Å². The zero-order valence-corrected chi connectivity index (χ0v) is 9.71. The maximum atomic E-state index is 10.1. The molecule has 0 saturated heterocycles. The zero-order chi connectivity index (χ0) is 10.1. The highest BCUT2D eigenvalue weighted by Gasteiger charge is 2.27. The van der Waals surface area contributed by atoms with Crippen LogP contribution in [0.3, 0.4) is 0 Å². The molecule has 1 aliphatic carbocycles. The highest BCUT2D eigenvalue weighted by Crippen LogP contribution is 2.33. The van der Waals surface area contributed by atoms with Crippen LogP contribution >= 0.6 is 15.9 Å². The lowest BCUT2D eigenvalue weighted by atomic mass is 9.86. The van der Waals surface area contributed by atoms with Gasteiger partial charge in [-0.15, -0.1) is 0 Å². The van der Waals surface area contributed by atoms with E-state index in [4.69, 9.17) is 0 Å². The van der Waals surface area contributed by atoms with Crippen molar-refractivity contribution >= 4 is 15.9 Å². The Morgan fingerprint density at radius 1 is 1.50 bits per heavy atom. The number of nitrogens with one attached hydrogen (secondary N) is 1. The Kier molecular flexibility index (Phi) is 2.91. The lowest BCUT2D eigenvalue weighted by molar-refractivity contribution is 0.119. The number of aliphatic hydroxyl groups excluding tert-OH is 1. The minimum Gasteiger partial charge on any atom is -0.387 e. The fourth-order valence-corrected chi connectivity index (χ4v) is 2.67. The van der Waals surface area contributed by atoms with E-state index in [2.05, 4.69) is 21.2 Å². The van der Waals surface area contributed by atoms with Crippen LogP contribution in [0.5, 0.6) is 0 Å². The first-order valence-corrected chi connectivity index (χ1v) is 5.66. The molecule has 0 spiro atoms. The van der Waals surface area contributed by atoms with Crippen LogP contribution < -0.4 is 5.32 Å². The Morgan fingerprint density at radius 2 is 2.29 bits per heavy atom. The molecule has 0 aromatic heterocycles. The van der Waals surface area contributed by atoms with Crippen LogP contribution in [0.15, 0.2) is 22.7 Å². The summed E-state index contributed by atoms with van der Waals surface area (Å²) in [5.41, 5.74) is 2.32. The predicted molar refractivity (Wildman–Crippen MR) is 60.3 cm³/mol. The summed E-state index contributed by atoms with van der Waals surface area (Å²) in [6, 6.07) is 6.21. The second kappa shape index (κ2) is 4.01. The number of likely N-dealkylation sites (N-methyl/N-ethyl adjacent to an activating group) is 1. The minimum atomic E-state index is -0.374. The summed E-state index contributed by atoms with van der Waals surface area (Å²) in [5, 5.41) is 13.2. The minimum absolute atomic E-state index is 0.191. The third-order valence-electron chi connectivity index (χ3n) is 2.93. The molecular formula is C11H14BrNO. The van der Waals surface area contributed by atoms with Crippen molar-refractivity contribution in [3.05, 3.63) is 33.8 Å². The van der Waals surface area contributed by atoms with E-state index < -0.39 is 0 Å². The average molecular weight is 256 g/mol. The molecule has 2 nitrogen and oxygen atoms in total. The molecule has 3 heteroatoms. The summed E-state index contributed by atoms with van der Waals surface area (Å²) < 4.78 is 1.11. The van der Waals surface area contributed by atoms with Crippen molar-refractivity contribution in [1.29, 1.82) is 0 Å². The fourth-order valence-electron chi connectivity index (χ4n) is 2.09. The molecule has 0 bridgehead atoms. The maximum Gasteiger partial charge on any atom is 0.0946 e. The molecule has 14 heavy (non-hydrogen) atoms. The van der Waals surface area contributed by atoms with Gasteiger partial charge in [0.25, 0.3) is 0 Å². The lowest BCUT2D eigenvalue weighted by Crippen LogP contribution is -2.36. The number of hydrogen-bond acceptors (Lipinski definition) is 2. The number of fused-ring (bicyclic) bond motifs is 1. The van der Waals surface area contributed by atoms with E-state index >= 15 is 0 Å². The van der Waals surface area contributed by atoms with Crippen molar-refractivity contribution in [2.75, 3.05) is 7.05 Å². The number of halogens is 1. The number of rotatable bonds is 1. The number of benzene rings is 1. The predicted octanol–water partition coefficient (Wildman–Crippen LogP) is 2.02. The molecule has 1 aromatic carbocycles. The average Bonchev–Trinajstić information content (AvgIpc) is 2.20. The lowest BCUT2D eigenvalue weighted by Gasteiger charge is -2.30. The molecule has 0 amide bonds. The highest BCUT2D eigenvalue weighted by atomic mass is 79.9. The first-order chi connectivity index (χ1) is 6.74. The van der Waals surface area contributed by atoms with Gasteiger partial charge < -0.3 is 10.4 Å². The summed E-state index contributed by atoms with van der Waals surface area (Å²) in [4.78, 5) is 0. The van der Waals surface area contributed by atoms with Gasteiger partial charge >= 0.3 is 0 Å². The van der Waals surface area contributed by atoms with E-state index in [0.717, 1.165) is 22.9 Å². The molecule has 0 radical (unpaired) electrons. The smallest absolute Gasteiger partial charge is 0.0946 e. The van der Waals surface area contributed by atoms with Crippen LogP contribution in [0.25, 0.3) is 0 Å². The molecule has 0 fully saturated rings. The summed E-state index contributed by atoms with van der Waals surface area (Å²) in [6.45, 7) is 0. The van der Waals surface area contributed by atoms with E-state index in [1.165, 1.54) is 5.56 Å². The van der Waals surface area contributed by atoms with E-state index in [0.29, 0.717) is 0 Å². The second-order valence-corrected chi connectivity index (χ2v) is 4.54. The number of aliphatic hydroxyl groups is 1. The molecule has 0 aliphatic heterocycles. The Hall–Kier alpha value is -0.380. The SMILES string of the molecule is CNC1CCc2c(Br)cccc2C1O. The van der Waals surface area contributed by atoms with Gasteiger partial charge in [-0.1, -0.05) is 28.1 Å². The van der Waals surface area contributed by atoms with Crippen LogP contribution in [-0.4, -0.2) is 18.2 Å². The van der Waals surface area contributed by atoms with Gasteiger partial charge in [0.1, 0.15) is 0 Å². The van der Waals surface area contributed by atoms with Gasteiger partial charge in [0, 0.05) is 10.5 Å². The largest absolute Gasteiger partial charge is 0.387 e. The Bertz CT molecular complexity index is 340. The van der Waals surface area contributed by atoms with Crippen molar-refractivity contribution in [2.45, 2.75) is 25.0 Å². The monoisotopic (exact) mass is 255 g/mol. The summed E-state index contributed by atoms with van der Waals surface area (Å²) in [7, 11) is 1.90.